The fourth-order valence-corrected chi connectivity index (χ4v) is 1.86. The summed E-state index contributed by atoms with van der Waals surface area (Å²) in [5, 5.41) is 14.4. The van der Waals surface area contributed by atoms with Gasteiger partial charge in [0.2, 0.25) is 0 Å². The number of aromatic amines is 1. The highest BCUT2D eigenvalue weighted by Gasteiger charge is 2.11. The van der Waals surface area contributed by atoms with Gasteiger partial charge in [-0.2, -0.15) is 0 Å². The lowest BCUT2D eigenvalue weighted by Gasteiger charge is -1.97. The molecular weight excluding hydrogens is 234 g/mol. The van der Waals surface area contributed by atoms with Crippen LogP contribution in [0.1, 0.15) is 5.69 Å². The van der Waals surface area contributed by atoms with Gasteiger partial charge >= 0.3 is 0 Å². The summed E-state index contributed by atoms with van der Waals surface area (Å²) in [6.07, 6.45) is 0. The van der Waals surface area contributed by atoms with Gasteiger partial charge in [0.25, 0.3) is 5.69 Å². The van der Waals surface area contributed by atoms with Crippen LogP contribution in [0.25, 0.3) is 22.4 Å². The van der Waals surface area contributed by atoms with E-state index in [2.05, 4.69) is 10.1 Å². The Kier molecular flexibility index (Phi) is 2.16. The molecule has 0 aliphatic rings. The van der Waals surface area contributed by atoms with E-state index in [1.54, 1.807) is 12.1 Å². The molecule has 6 heteroatoms. The number of benzene rings is 1. The highest BCUT2D eigenvalue weighted by molar-refractivity contribution is 5.82. The fraction of sp³-hybridized carbons (Fsp3) is 0.0833. The Morgan fingerprint density at radius 3 is 2.67 bits per heavy atom. The van der Waals surface area contributed by atoms with Gasteiger partial charge in [-0.05, 0) is 24.6 Å². The van der Waals surface area contributed by atoms with Crippen molar-refractivity contribution in [3.8, 4) is 11.3 Å². The molecule has 0 unspecified atom stereocenters. The molecule has 6 nitrogen and oxygen atoms in total. The number of rotatable bonds is 2. The van der Waals surface area contributed by atoms with Gasteiger partial charge in [0.15, 0.2) is 5.58 Å². The second-order valence-corrected chi connectivity index (χ2v) is 3.99. The second kappa shape index (κ2) is 3.69. The molecule has 0 aliphatic heterocycles. The van der Waals surface area contributed by atoms with Crippen molar-refractivity contribution < 1.29 is 9.45 Å². The maximum absolute atomic E-state index is 10.6. The van der Waals surface area contributed by atoms with Crippen molar-refractivity contribution in [2.45, 2.75) is 6.92 Å². The average molecular weight is 243 g/mol. The summed E-state index contributed by atoms with van der Waals surface area (Å²) in [5.74, 6) is 0. The third-order valence-corrected chi connectivity index (χ3v) is 2.81. The van der Waals surface area contributed by atoms with Crippen LogP contribution in [0.4, 0.5) is 5.69 Å². The molecule has 18 heavy (non-hydrogen) atoms. The van der Waals surface area contributed by atoms with Crippen LogP contribution in [0.2, 0.25) is 0 Å². The lowest BCUT2D eigenvalue weighted by atomic mass is 10.1. The molecule has 0 atom stereocenters. The van der Waals surface area contributed by atoms with E-state index >= 15 is 0 Å². The van der Waals surface area contributed by atoms with Crippen LogP contribution in [-0.4, -0.2) is 15.1 Å². The van der Waals surface area contributed by atoms with Gasteiger partial charge in [0.1, 0.15) is 11.2 Å². The van der Waals surface area contributed by atoms with Gasteiger partial charge < -0.3 is 9.51 Å². The molecule has 3 rings (SSSR count). The number of nitro groups is 1. The fourth-order valence-electron chi connectivity index (χ4n) is 1.86. The lowest BCUT2D eigenvalue weighted by Crippen LogP contribution is -1.87. The van der Waals surface area contributed by atoms with Gasteiger partial charge in [0.05, 0.1) is 4.92 Å². The van der Waals surface area contributed by atoms with Crippen molar-refractivity contribution in [2.24, 2.45) is 0 Å². The van der Waals surface area contributed by atoms with Crippen LogP contribution < -0.4 is 0 Å². The van der Waals surface area contributed by atoms with E-state index in [4.69, 9.17) is 4.52 Å². The summed E-state index contributed by atoms with van der Waals surface area (Å²) >= 11 is 0. The van der Waals surface area contributed by atoms with Gasteiger partial charge in [-0.3, -0.25) is 10.1 Å². The molecule has 1 N–H and O–H groups in total. The van der Waals surface area contributed by atoms with Crippen molar-refractivity contribution in [2.75, 3.05) is 0 Å². The Bertz CT molecular complexity index is 725. The Labute approximate surface area is 101 Å². The van der Waals surface area contributed by atoms with Gasteiger partial charge in [-0.15, -0.1) is 0 Å². The number of aromatic nitrogens is 2. The predicted molar refractivity (Wildman–Crippen MR) is 65.2 cm³/mol. The van der Waals surface area contributed by atoms with Crippen LogP contribution >= 0.6 is 0 Å². The standard InChI is InChI=1S/C12H9N3O3/c1-7-12-11(18-14-7)6-10(13-12)8-2-4-9(5-3-8)15(16)17/h2-6,13H,1H3. The van der Waals surface area contributed by atoms with E-state index in [-0.39, 0.29) is 5.69 Å². The average Bonchev–Trinajstić information content (AvgIpc) is 2.92. The topological polar surface area (TPSA) is 85.0 Å². The quantitative estimate of drug-likeness (QED) is 0.553. The number of nitrogens with zero attached hydrogens (tertiary/aromatic N) is 2. The zero-order valence-corrected chi connectivity index (χ0v) is 9.51. The molecule has 2 aromatic heterocycles. The first kappa shape index (κ1) is 10.5. The maximum atomic E-state index is 10.6. The molecule has 0 spiro atoms. The second-order valence-electron chi connectivity index (χ2n) is 3.99. The van der Waals surface area contributed by atoms with E-state index in [0.29, 0.717) is 5.58 Å². The van der Waals surface area contributed by atoms with Gasteiger partial charge in [0, 0.05) is 23.9 Å². The van der Waals surface area contributed by atoms with Crippen LogP contribution in [0, 0.1) is 17.0 Å². The normalized spacial score (nSPS) is 10.9. The largest absolute Gasteiger partial charge is 0.354 e. The summed E-state index contributed by atoms with van der Waals surface area (Å²) in [4.78, 5) is 13.3. The molecule has 0 saturated carbocycles. The predicted octanol–water partition coefficient (Wildman–Crippen LogP) is 3.04. The number of nitro benzene ring substituents is 1. The van der Waals surface area contributed by atoms with E-state index in [9.17, 15) is 10.1 Å². The monoisotopic (exact) mass is 243 g/mol. The molecule has 1 aromatic carbocycles. The minimum atomic E-state index is -0.418. The number of fused-ring (bicyclic) bond motifs is 1. The number of H-pyrrole nitrogens is 1. The van der Waals surface area contributed by atoms with Crippen LogP contribution in [0.3, 0.4) is 0 Å². The molecule has 2 heterocycles. The Balaban J connectivity index is 2.05. The number of hydrogen-bond donors (Lipinski definition) is 1. The molecule has 0 fully saturated rings. The molecular formula is C12H9N3O3. The first-order valence-corrected chi connectivity index (χ1v) is 5.35. The van der Waals surface area contributed by atoms with Crippen molar-refractivity contribution in [1.29, 1.82) is 0 Å². The Morgan fingerprint density at radius 2 is 2.06 bits per heavy atom. The SMILES string of the molecule is Cc1noc2cc(-c3ccc([N+](=O)[O-])cc3)[nH]c12. The zero-order chi connectivity index (χ0) is 12.7. The summed E-state index contributed by atoms with van der Waals surface area (Å²) in [5.41, 5.74) is 4.12. The molecule has 90 valence electrons. The highest BCUT2D eigenvalue weighted by atomic mass is 16.6. The number of aryl methyl sites for hydroxylation is 1. The van der Waals surface area contributed by atoms with Crippen molar-refractivity contribution >= 4 is 16.8 Å². The van der Waals surface area contributed by atoms with Crippen LogP contribution in [0.5, 0.6) is 0 Å². The first-order valence-electron chi connectivity index (χ1n) is 5.35. The van der Waals surface area contributed by atoms with E-state index in [1.807, 2.05) is 13.0 Å². The van der Waals surface area contributed by atoms with E-state index in [1.165, 1.54) is 12.1 Å². The highest BCUT2D eigenvalue weighted by Crippen LogP contribution is 2.26. The van der Waals surface area contributed by atoms with Gasteiger partial charge in [-0.25, -0.2) is 0 Å². The molecule has 0 saturated heterocycles. The zero-order valence-electron chi connectivity index (χ0n) is 9.51. The molecule has 0 bridgehead atoms. The smallest absolute Gasteiger partial charge is 0.269 e. The van der Waals surface area contributed by atoms with E-state index in [0.717, 1.165) is 22.5 Å². The number of hydrogen-bond acceptors (Lipinski definition) is 4. The van der Waals surface area contributed by atoms with Crippen molar-refractivity contribution in [3.05, 3.63) is 46.1 Å². The van der Waals surface area contributed by atoms with Crippen molar-refractivity contribution in [1.82, 2.24) is 10.1 Å². The number of non-ortho nitro benzene ring substituents is 1. The Morgan fingerprint density at radius 1 is 1.33 bits per heavy atom. The third-order valence-electron chi connectivity index (χ3n) is 2.81. The Hall–Kier alpha value is -2.63. The molecule has 3 aromatic rings. The summed E-state index contributed by atoms with van der Waals surface area (Å²) in [6.45, 7) is 1.85. The first-order chi connectivity index (χ1) is 8.65. The van der Waals surface area contributed by atoms with Crippen LogP contribution in [0.15, 0.2) is 34.9 Å². The third kappa shape index (κ3) is 1.55. The van der Waals surface area contributed by atoms with Crippen molar-refractivity contribution in [3.63, 3.8) is 0 Å². The lowest BCUT2D eigenvalue weighted by molar-refractivity contribution is -0.384. The molecule has 0 radical (unpaired) electrons. The number of nitrogens with one attached hydrogen (secondary N) is 1. The van der Waals surface area contributed by atoms with E-state index < -0.39 is 4.92 Å². The van der Waals surface area contributed by atoms with Gasteiger partial charge in [-0.1, -0.05) is 5.16 Å². The summed E-state index contributed by atoms with van der Waals surface area (Å²) in [7, 11) is 0. The van der Waals surface area contributed by atoms with Crippen LogP contribution in [-0.2, 0) is 0 Å². The maximum Gasteiger partial charge on any atom is 0.269 e. The summed E-state index contributed by atoms with van der Waals surface area (Å²) in [6, 6.07) is 8.18. The summed E-state index contributed by atoms with van der Waals surface area (Å²) < 4.78 is 5.12. The molecule has 0 amide bonds. The minimum absolute atomic E-state index is 0.0758. The minimum Gasteiger partial charge on any atom is -0.354 e. The molecule has 0 aliphatic carbocycles.